The summed E-state index contributed by atoms with van der Waals surface area (Å²) in [6.07, 6.45) is -17.4. The van der Waals surface area contributed by atoms with Crippen LogP contribution in [0.2, 0.25) is 0 Å². The van der Waals surface area contributed by atoms with Crippen LogP contribution in [0.25, 0.3) is 32.2 Å². The van der Waals surface area contributed by atoms with Crippen molar-refractivity contribution in [1.29, 1.82) is 0 Å². The van der Waals surface area contributed by atoms with Crippen LogP contribution in [0.4, 0.5) is 20.2 Å². The Kier molecular flexibility index (Phi) is 43.3. The maximum atomic E-state index is 15.0. The third kappa shape index (κ3) is 26.6. The number of nitrogens with two attached hydrogens (primary N) is 12. The van der Waals surface area contributed by atoms with Crippen molar-refractivity contribution in [1.82, 2.24) is 33.9 Å². The fourth-order valence-electron chi connectivity index (χ4n) is 18.8. The first-order chi connectivity index (χ1) is 67.8. The molecule has 16 unspecified atom stereocenters. The van der Waals surface area contributed by atoms with Crippen molar-refractivity contribution in [3.8, 4) is 17.9 Å². The summed E-state index contributed by atoms with van der Waals surface area (Å²) in [4.78, 5) is 57.6. The molecule has 12 aliphatic rings. The molecule has 8 saturated heterocycles. The van der Waals surface area contributed by atoms with Crippen LogP contribution < -0.4 is 98.9 Å². The molecular formula is C86H130F2N24O30Y2-4. The first-order valence-corrected chi connectivity index (χ1v) is 46.4. The second-order valence-corrected chi connectivity index (χ2v) is 36.7. The zero-order valence-corrected chi connectivity index (χ0v) is 84.0. The molecule has 144 heavy (non-hydrogen) atoms. The molecule has 36 N–H and O–H groups in total. The number of carbonyl (C=O) groups is 2. The number of aliphatic hydroxyl groups excluding tert-OH is 12. The van der Waals surface area contributed by atoms with E-state index >= 15 is 4.39 Å². The predicted molar refractivity (Wildman–Crippen MR) is 488 cm³/mol. The Hall–Kier alpha value is -6.04. The predicted octanol–water partition coefficient (Wildman–Crippen LogP) is -12.3. The number of anilines is 2. The van der Waals surface area contributed by atoms with Crippen molar-refractivity contribution in [2.45, 2.75) is 290 Å². The quantitative estimate of drug-likeness (QED) is 0.00552. The molecule has 3 aromatic heterocycles. The van der Waals surface area contributed by atoms with Crippen LogP contribution in [0.3, 0.4) is 0 Å². The van der Waals surface area contributed by atoms with Crippen molar-refractivity contribution < 1.29 is 211 Å². The molecule has 11 heterocycles. The number of terminal acetylenes is 1. The van der Waals surface area contributed by atoms with Gasteiger partial charge in [0.15, 0.2) is 49.2 Å². The molecule has 17 rings (SSSR count). The Bertz CT molecular complexity index is 5010. The van der Waals surface area contributed by atoms with E-state index in [1.807, 2.05) is 23.8 Å². The van der Waals surface area contributed by atoms with E-state index in [9.17, 15) is 84.8 Å². The molecule has 0 bridgehead atoms. The van der Waals surface area contributed by atoms with Crippen molar-refractivity contribution >= 4 is 46.1 Å². The van der Waals surface area contributed by atoms with Crippen LogP contribution >= 0.6 is 0 Å². The molecule has 2 radical (unpaired) electrons. The first kappa shape index (κ1) is 118. The molecule has 54 nitrogen and oxygen atoms in total. The second kappa shape index (κ2) is 52.8. The average molecular weight is 2200 g/mol. The van der Waals surface area contributed by atoms with E-state index in [2.05, 4.69) is 51.7 Å². The van der Waals surface area contributed by atoms with Crippen LogP contribution in [-0.2, 0) is 139 Å². The van der Waals surface area contributed by atoms with Gasteiger partial charge in [0.05, 0.1) is 107 Å². The number of fused-ring (bicyclic) bond motifs is 2. The fraction of sp³-hybridized carbons (Fsp3) is 0.698. The maximum Gasteiger partial charge on any atom is 0.298 e. The number of hydrogen-bond acceptors (Lipinski definition) is 49. The molecule has 38 atom stereocenters. The number of halogens is 2. The van der Waals surface area contributed by atoms with Crippen LogP contribution in [0, 0.1) is 44.5 Å². The monoisotopic (exact) mass is 2190 g/mol. The molecule has 2 aromatic carbocycles. The normalized spacial score (nSPS) is 38.2. The fourth-order valence-corrected chi connectivity index (χ4v) is 18.8. The van der Waals surface area contributed by atoms with Gasteiger partial charge in [-0.2, -0.15) is 0 Å². The average Bonchev–Trinajstić information content (AvgIpc) is 1.44. The number of rotatable bonds is 28. The largest absolute Gasteiger partial charge is 0.697 e. The van der Waals surface area contributed by atoms with Gasteiger partial charge in [0.2, 0.25) is 10.9 Å². The number of aliphatic hydroxyl groups is 12. The van der Waals surface area contributed by atoms with Gasteiger partial charge >= 0.3 is 0 Å². The van der Waals surface area contributed by atoms with Crippen molar-refractivity contribution in [2.24, 2.45) is 73.9 Å². The van der Waals surface area contributed by atoms with E-state index < -0.39 is 255 Å². The minimum atomic E-state index is -1.51. The van der Waals surface area contributed by atoms with Crippen LogP contribution in [0.5, 0.6) is 11.5 Å². The zero-order chi connectivity index (χ0) is 103. The maximum absolute atomic E-state index is 15.0. The Morgan fingerprint density at radius 2 is 0.792 bits per heavy atom. The molecule has 4 aliphatic carbocycles. The van der Waals surface area contributed by atoms with Gasteiger partial charge < -0.3 is 253 Å². The molecular weight excluding hydrogens is 2060 g/mol. The van der Waals surface area contributed by atoms with E-state index in [1.54, 1.807) is 29.2 Å². The summed E-state index contributed by atoms with van der Waals surface area (Å²) in [6.45, 7) is 13.7. The number of carbonyl (C=O) groups excluding carboxylic acids is 2. The van der Waals surface area contributed by atoms with Gasteiger partial charge in [0.25, 0.3) is 12.9 Å². The number of piperazine rings is 2. The van der Waals surface area contributed by atoms with Crippen LogP contribution in [-0.4, -0.2) is 426 Å². The SMILES string of the molecule is O=COc1cn(C2CC2)c2cc(N3CCN(Cn4c[c-]nn4)CC3)c(F)cc2c1=O.[C-]#C.[CH2-][C@H]1O[C@@H](O[C@@H]2C(O)[C@H](N)CC(N)[C@H]2O[C@H]2OC(CN)[C@@H](O)[C@H](O)C2N)C(O)[C@H]1OC1O[C@@H](CN)C(O)C(O)[C@H]1N.[CH2-][C@H]1O[C@@H](O[C@@H]2C(O)[C@H](N)CC(N)[C@H]2O[C@H]2OC(CN)[C@@H](O)[C@H](O)C2N)C(O)[C@H]1OC1O[C@@H](CN)C(O)C(O)[C@H]1N.[N-]=[N+]=NCN1CCN(c2cc3c(cc2F)c(=O)c(OC=O)cn3C2CC2)CC1.[Y].[Y]. The Balaban J connectivity index is 0.000000183. The van der Waals surface area contributed by atoms with Gasteiger partial charge in [0, 0.05) is 185 Å². The van der Waals surface area contributed by atoms with Gasteiger partial charge in [0.1, 0.15) is 122 Å². The second-order valence-electron chi connectivity index (χ2n) is 36.7. The molecule has 5 aromatic rings. The summed E-state index contributed by atoms with van der Waals surface area (Å²) in [7, 11) is 0. The Morgan fingerprint density at radius 3 is 1.10 bits per heavy atom. The van der Waals surface area contributed by atoms with Gasteiger partial charge in [-0.3, -0.25) is 33.7 Å². The van der Waals surface area contributed by atoms with E-state index in [0.29, 0.717) is 75.0 Å². The third-order valence-corrected chi connectivity index (χ3v) is 27.3. The molecule has 0 amide bonds. The third-order valence-electron chi connectivity index (χ3n) is 27.3. The molecule has 12 fully saturated rings. The Morgan fingerprint density at radius 1 is 0.465 bits per heavy atom. The first-order valence-electron chi connectivity index (χ1n) is 46.4. The summed E-state index contributed by atoms with van der Waals surface area (Å²) in [5, 5.41) is 137. The van der Waals surface area contributed by atoms with Crippen molar-refractivity contribution in [2.75, 3.05) is 95.0 Å². The standard InChI is InChI=1S/2C23H45N6O12.C20H20FN6O3.C18H19FN6O3.C2H.2Y/c2*1-5-18(39-21-10(28)15(33)13(31)8(3-24)37-21)17(35)23(36-5)41-20-12(30)6(26)2-7(27)19(20)40-22-11(29)16(34)14(32)9(4-25)38-22;21-16-9-15-17(27(14-1-2-14)11-19(20(15)29)30-13-28)10-18(16)25-7-5-24(6-8-25)12-26-4-3-22-23-26;19-14-7-13-15(25(12-1-2-12)9-17(18(13)27)28-11-26)8-16(14)24-5-3-23(4-6-24)10-21-22-20;1-2;;/h2*5-23,30-35H,1-4,24-29H2;4,9-11,13-14H,1-2,5-8,12H2;7-9,11-12H,1-6,10H2;1H;;/q3*-1;;-1;;/t2*5-,6-,7?,8+,9?,10-,11?,12?,13?,14-,15?,16-,17?,18+,19-,20-,21?,22-,23+;;;;;/m11...../s1. The van der Waals surface area contributed by atoms with Gasteiger partial charge in [-0.1, -0.05) is 5.11 Å². The minimum Gasteiger partial charge on any atom is -0.697 e. The molecule has 8 aliphatic heterocycles. The van der Waals surface area contributed by atoms with Gasteiger partial charge in [-0.25, -0.2) is 8.78 Å². The number of nitrogens with zero attached hydrogens (tertiary/aromatic N) is 12. The van der Waals surface area contributed by atoms with Crippen molar-refractivity contribution in [3.63, 3.8) is 0 Å². The summed E-state index contributed by atoms with van der Waals surface area (Å²) < 4.78 is 114. The molecule has 4 saturated carbocycles. The minimum absolute atomic E-state index is 0. The van der Waals surface area contributed by atoms with E-state index in [-0.39, 0.29) is 152 Å². The number of benzene rings is 2. The van der Waals surface area contributed by atoms with Crippen LogP contribution in [0.15, 0.2) is 57.6 Å². The van der Waals surface area contributed by atoms with Crippen LogP contribution in [0.1, 0.15) is 50.6 Å². The molecule has 0 spiro atoms. The zero-order valence-electron chi connectivity index (χ0n) is 78.3. The molecule has 798 valence electrons. The summed E-state index contributed by atoms with van der Waals surface area (Å²) in [5.41, 5.74) is 81.0. The number of azide groups is 1. The van der Waals surface area contributed by atoms with E-state index in [1.165, 1.54) is 18.3 Å². The number of ether oxygens (including phenoxy) is 14. The van der Waals surface area contributed by atoms with E-state index in [0.717, 1.165) is 38.8 Å². The van der Waals surface area contributed by atoms with Crippen molar-refractivity contribution in [3.05, 3.63) is 112 Å². The Labute approximate surface area is 874 Å². The summed E-state index contributed by atoms with van der Waals surface area (Å²) in [6, 6.07) is -1.68. The smallest absolute Gasteiger partial charge is 0.298 e. The number of pyridine rings is 2. The molecule has 58 heteroatoms. The van der Waals surface area contributed by atoms with Gasteiger partial charge in [-0.15, -0.1) is 11.4 Å². The summed E-state index contributed by atoms with van der Waals surface area (Å²) in [5.74, 6) is -1.10. The van der Waals surface area contributed by atoms with E-state index in [4.69, 9.17) is 147 Å². The summed E-state index contributed by atoms with van der Waals surface area (Å²) >= 11 is 0. The number of aromatic nitrogens is 5. The van der Waals surface area contributed by atoms with Gasteiger partial charge in [-0.05, 0) is 80.5 Å². The topological polar surface area (TPSA) is 855 Å². The number of hydrogen-bond donors (Lipinski definition) is 24.